The molecule has 5 nitrogen and oxygen atoms in total. The lowest BCUT2D eigenvalue weighted by molar-refractivity contribution is -0.124. The summed E-state index contributed by atoms with van der Waals surface area (Å²) in [4.78, 5) is 15.6. The van der Waals surface area contributed by atoms with Gasteiger partial charge >= 0.3 is 0 Å². The second-order valence-electron chi connectivity index (χ2n) is 9.85. The Balaban J connectivity index is 1.86. The molecule has 0 radical (unpaired) electrons. The molecule has 170 valence electrons. The van der Waals surface area contributed by atoms with Crippen molar-refractivity contribution in [1.82, 2.24) is 0 Å². The predicted octanol–water partition coefficient (Wildman–Crippen LogP) is 5.93. The van der Waals surface area contributed by atoms with Crippen molar-refractivity contribution in [1.29, 1.82) is 0 Å². The number of aromatic hydroxyl groups is 1. The fraction of sp³-hybridized carbons (Fsp3) is 0.444. The summed E-state index contributed by atoms with van der Waals surface area (Å²) >= 11 is 0. The van der Waals surface area contributed by atoms with Gasteiger partial charge in [0.25, 0.3) is 0 Å². The van der Waals surface area contributed by atoms with Gasteiger partial charge in [-0.25, -0.2) is 0 Å². The second-order valence-corrected chi connectivity index (χ2v) is 9.85. The smallest absolute Gasteiger partial charge is 0.145 e. The van der Waals surface area contributed by atoms with E-state index in [0.29, 0.717) is 6.42 Å². The highest BCUT2D eigenvalue weighted by atomic mass is 16.3. The van der Waals surface area contributed by atoms with Crippen molar-refractivity contribution in [2.75, 3.05) is 28.6 Å². The monoisotopic (exact) mass is 433 g/mol. The summed E-state index contributed by atoms with van der Waals surface area (Å²) in [6, 6.07) is 9.74. The van der Waals surface area contributed by atoms with Crippen LogP contribution in [0, 0.1) is 25.2 Å². The Morgan fingerprint density at radius 3 is 2.34 bits per heavy atom. The molecular formula is C27H35N3O2. The molecule has 2 aromatic rings. The normalized spacial score (nSPS) is 21.4. The zero-order valence-electron chi connectivity index (χ0n) is 20.0. The minimum Gasteiger partial charge on any atom is -0.508 e. The Labute approximate surface area is 191 Å². The van der Waals surface area contributed by atoms with Crippen molar-refractivity contribution in [3.05, 3.63) is 58.8 Å². The number of carbonyl (C=O) groups is 1. The lowest BCUT2D eigenvalue weighted by Gasteiger charge is -2.35. The number of Topliss-reactive ketones (excluding diaryl/α,β-unsaturated/α-hetero) is 1. The standard InChI is InChI=1S/C27H35N3O2/c1-7-30(8-2)18-9-10-19(23(31)13-18)26-25-22(14-27(5,6)15-24(25)32)28-20-11-16(3)17(4)12-21(20)29-26/h9-14,25-26,28-29,31H,7-8,15H2,1-6H3/t25-,26-/m0/s1. The fourth-order valence-corrected chi connectivity index (χ4v) is 5.06. The number of phenols is 1. The van der Waals surface area contributed by atoms with Gasteiger partial charge < -0.3 is 20.6 Å². The van der Waals surface area contributed by atoms with Crippen LogP contribution in [0.1, 0.15) is 56.8 Å². The van der Waals surface area contributed by atoms with Gasteiger partial charge in [-0.15, -0.1) is 0 Å². The van der Waals surface area contributed by atoms with Crippen molar-refractivity contribution >= 4 is 22.8 Å². The Bertz CT molecular complexity index is 1080. The van der Waals surface area contributed by atoms with E-state index in [0.717, 1.165) is 41.4 Å². The van der Waals surface area contributed by atoms with E-state index in [2.05, 4.69) is 75.3 Å². The van der Waals surface area contributed by atoms with Crippen molar-refractivity contribution in [3.63, 3.8) is 0 Å². The van der Waals surface area contributed by atoms with E-state index in [4.69, 9.17) is 0 Å². The Kier molecular flexibility index (Phi) is 5.70. The molecule has 0 spiro atoms. The van der Waals surface area contributed by atoms with E-state index in [1.54, 1.807) is 0 Å². The highest BCUT2D eigenvalue weighted by molar-refractivity contribution is 5.90. The fourth-order valence-electron chi connectivity index (χ4n) is 5.06. The molecule has 0 saturated carbocycles. The number of nitrogens with zero attached hydrogens (tertiary/aromatic N) is 1. The van der Waals surface area contributed by atoms with Crippen LogP contribution in [-0.4, -0.2) is 24.0 Å². The van der Waals surface area contributed by atoms with Gasteiger partial charge in [-0.3, -0.25) is 4.79 Å². The summed E-state index contributed by atoms with van der Waals surface area (Å²) in [5.41, 5.74) is 6.74. The van der Waals surface area contributed by atoms with Crippen LogP contribution in [-0.2, 0) is 4.79 Å². The molecule has 1 aliphatic carbocycles. The maximum Gasteiger partial charge on any atom is 0.145 e. The number of hydrogen-bond acceptors (Lipinski definition) is 5. The molecule has 0 saturated heterocycles. The molecule has 0 amide bonds. The van der Waals surface area contributed by atoms with Crippen molar-refractivity contribution in [2.45, 2.75) is 54.0 Å². The van der Waals surface area contributed by atoms with Crippen LogP contribution in [0.4, 0.5) is 17.1 Å². The first-order valence-corrected chi connectivity index (χ1v) is 11.6. The number of hydrogen-bond donors (Lipinski definition) is 3. The van der Waals surface area contributed by atoms with E-state index < -0.39 is 0 Å². The average molecular weight is 434 g/mol. The summed E-state index contributed by atoms with van der Waals surface area (Å²) in [5, 5.41) is 18.3. The molecule has 2 atom stereocenters. The number of rotatable bonds is 4. The molecule has 0 unspecified atom stereocenters. The minimum absolute atomic E-state index is 0.186. The van der Waals surface area contributed by atoms with E-state index in [-0.39, 0.29) is 28.9 Å². The summed E-state index contributed by atoms with van der Waals surface area (Å²) in [7, 11) is 0. The molecule has 4 rings (SSSR count). The Morgan fingerprint density at radius 2 is 1.72 bits per heavy atom. The van der Waals surface area contributed by atoms with Gasteiger partial charge in [-0.1, -0.05) is 26.0 Å². The molecule has 5 heteroatoms. The zero-order valence-corrected chi connectivity index (χ0v) is 20.0. The van der Waals surface area contributed by atoms with Crippen LogP contribution in [0.2, 0.25) is 0 Å². The van der Waals surface area contributed by atoms with Crippen molar-refractivity contribution < 1.29 is 9.90 Å². The quantitative estimate of drug-likeness (QED) is 0.557. The highest BCUT2D eigenvalue weighted by Crippen LogP contribution is 2.47. The summed E-state index contributed by atoms with van der Waals surface area (Å²) in [6.07, 6.45) is 2.67. The molecule has 1 aliphatic heterocycles. The SMILES string of the molecule is CCN(CC)c1ccc([C@@H]2Nc3cc(C)c(C)cc3NC3=CC(C)(C)CC(=O)[C@H]32)c(O)c1. The van der Waals surface area contributed by atoms with Crippen molar-refractivity contribution in [2.24, 2.45) is 11.3 Å². The lowest BCUT2D eigenvalue weighted by Crippen LogP contribution is -2.36. The van der Waals surface area contributed by atoms with Gasteiger partial charge in [-0.05, 0) is 62.4 Å². The van der Waals surface area contributed by atoms with Crippen LogP contribution >= 0.6 is 0 Å². The van der Waals surface area contributed by atoms with Gasteiger partial charge in [-0.2, -0.15) is 0 Å². The number of fused-ring (bicyclic) bond motifs is 2. The average Bonchev–Trinajstić information content (AvgIpc) is 2.85. The Hall–Kier alpha value is -2.95. The van der Waals surface area contributed by atoms with Gasteiger partial charge in [0.2, 0.25) is 0 Å². The molecule has 2 aliphatic rings. The number of aryl methyl sites for hydroxylation is 2. The van der Waals surface area contributed by atoms with Gasteiger partial charge in [0.05, 0.1) is 23.3 Å². The molecular weight excluding hydrogens is 398 g/mol. The number of benzene rings is 2. The summed E-state index contributed by atoms with van der Waals surface area (Å²) in [5.74, 6) is 0.0170. The third-order valence-corrected chi connectivity index (χ3v) is 6.89. The first-order valence-electron chi connectivity index (χ1n) is 11.6. The lowest BCUT2D eigenvalue weighted by atomic mass is 9.72. The van der Waals surface area contributed by atoms with E-state index in [9.17, 15) is 9.90 Å². The first-order chi connectivity index (χ1) is 15.1. The third-order valence-electron chi connectivity index (χ3n) is 6.89. The number of nitrogens with one attached hydrogen (secondary N) is 2. The number of allylic oxidation sites excluding steroid dienone is 1. The molecule has 0 fully saturated rings. The van der Waals surface area contributed by atoms with Crippen LogP contribution in [0.15, 0.2) is 42.1 Å². The Morgan fingerprint density at radius 1 is 1.06 bits per heavy atom. The number of phenolic OH excluding ortho intramolecular Hbond substituents is 1. The van der Waals surface area contributed by atoms with Crippen LogP contribution in [0.5, 0.6) is 5.75 Å². The highest BCUT2D eigenvalue weighted by Gasteiger charge is 2.42. The maximum absolute atomic E-state index is 13.4. The van der Waals surface area contributed by atoms with E-state index in [1.165, 1.54) is 11.1 Å². The minimum atomic E-state index is -0.388. The van der Waals surface area contributed by atoms with Crippen LogP contribution < -0.4 is 15.5 Å². The van der Waals surface area contributed by atoms with Crippen molar-refractivity contribution in [3.8, 4) is 5.75 Å². The van der Waals surface area contributed by atoms with Gasteiger partial charge in [0, 0.05) is 42.5 Å². The molecule has 0 bridgehead atoms. The molecule has 0 aromatic heterocycles. The predicted molar refractivity (Wildman–Crippen MR) is 133 cm³/mol. The molecule has 2 aromatic carbocycles. The van der Waals surface area contributed by atoms with Gasteiger partial charge in [0.1, 0.15) is 11.5 Å². The summed E-state index contributed by atoms with van der Waals surface area (Å²) in [6.45, 7) is 14.3. The second kappa shape index (κ2) is 8.19. The van der Waals surface area contributed by atoms with E-state index in [1.807, 2.05) is 18.2 Å². The number of carbonyl (C=O) groups excluding carboxylic acids is 1. The topological polar surface area (TPSA) is 64.6 Å². The van der Waals surface area contributed by atoms with Crippen LogP contribution in [0.25, 0.3) is 0 Å². The third kappa shape index (κ3) is 3.96. The largest absolute Gasteiger partial charge is 0.508 e. The number of anilines is 3. The first kappa shape index (κ1) is 22.3. The maximum atomic E-state index is 13.4. The molecule has 3 N–H and O–H groups in total. The zero-order chi connectivity index (χ0) is 23.2. The van der Waals surface area contributed by atoms with Crippen LogP contribution in [0.3, 0.4) is 0 Å². The molecule has 1 heterocycles. The summed E-state index contributed by atoms with van der Waals surface area (Å²) < 4.78 is 0. The molecule has 32 heavy (non-hydrogen) atoms. The van der Waals surface area contributed by atoms with E-state index >= 15 is 0 Å². The van der Waals surface area contributed by atoms with Gasteiger partial charge in [0.15, 0.2) is 0 Å². The number of ketones is 1.